The van der Waals surface area contributed by atoms with Crippen LogP contribution in [0.5, 0.6) is 11.8 Å². The van der Waals surface area contributed by atoms with Gasteiger partial charge in [-0.3, -0.25) is 4.57 Å². The van der Waals surface area contributed by atoms with Crippen LogP contribution in [-0.4, -0.2) is 36.3 Å². The van der Waals surface area contributed by atoms with Crippen LogP contribution in [0.3, 0.4) is 0 Å². The monoisotopic (exact) mass is 448 g/mol. The molecule has 2 aromatic carbocycles. The molecule has 3 aromatic rings. The van der Waals surface area contributed by atoms with Crippen LogP contribution < -0.4 is 9.46 Å². The largest absolute Gasteiger partial charge is 0.465 e. The lowest BCUT2D eigenvalue weighted by Crippen LogP contribution is -2.30. The highest BCUT2D eigenvalue weighted by atomic mass is 32.2. The van der Waals surface area contributed by atoms with E-state index in [4.69, 9.17) is 4.74 Å². The molecule has 3 rings (SSSR count). The van der Waals surface area contributed by atoms with Gasteiger partial charge in [0.25, 0.3) is 0 Å². The highest BCUT2D eigenvalue weighted by molar-refractivity contribution is 7.89. The first kappa shape index (κ1) is 22.4. The molecular formula is C20H21FN4O5S. The molecule has 0 bridgehead atoms. The molecule has 0 aliphatic heterocycles. The molecule has 31 heavy (non-hydrogen) atoms. The third kappa shape index (κ3) is 4.89. The van der Waals surface area contributed by atoms with Crippen molar-refractivity contribution in [2.45, 2.75) is 31.3 Å². The van der Waals surface area contributed by atoms with E-state index in [-0.39, 0.29) is 16.5 Å². The van der Waals surface area contributed by atoms with E-state index < -0.39 is 27.9 Å². The Morgan fingerprint density at radius 2 is 1.84 bits per heavy atom. The van der Waals surface area contributed by atoms with E-state index in [9.17, 15) is 17.6 Å². The molecule has 9 nitrogen and oxygen atoms in total. The number of methoxy groups -OCH3 is 1. The van der Waals surface area contributed by atoms with Crippen LogP contribution in [0.2, 0.25) is 0 Å². The van der Waals surface area contributed by atoms with Crippen LogP contribution in [0, 0.1) is 5.82 Å². The molecule has 164 valence electrons. The Morgan fingerprint density at radius 1 is 1.16 bits per heavy atom. The van der Waals surface area contributed by atoms with Gasteiger partial charge in [-0.05, 0) is 50.2 Å². The fourth-order valence-electron chi connectivity index (χ4n) is 2.93. The molecule has 1 N–H and O–H groups in total. The van der Waals surface area contributed by atoms with Crippen molar-refractivity contribution in [1.82, 2.24) is 19.5 Å². The second kappa shape index (κ2) is 9.23. The fourth-order valence-corrected chi connectivity index (χ4v) is 4.33. The van der Waals surface area contributed by atoms with Crippen LogP contribution in [0.4, 0.5) is 4.39 Å². The van der Waals surface area contributed by atoms with Gasteiger partial charge in [0.15, 0.2) is 5.82 Å². The zero-order chi connectivity index (χ0) is 22.6. The standard InChI is InChI=1S/C20H21FN4O5S/c1-4-25-18(22-23-20(25)30-15-11-9-14(21)10-12-15)13(2)24-31(27,28)17-8-6-5-7-16(17)19(26)29-3/h5-13,24H,4H2,1-3H3/t13-/m1/s1. The number of carbonyl (C=O) groups excluding carboxylic acids is 1. The SMILES string of the molecule is CCn1c(Oc2ccc(F)cc2)nnc1[C@@H](C)NS(=O)(=O)c1ccccc1C(=O)OC. The summed E-state index contributed by atoms with van der Waals surface area (Å²) in [6, 6.07) is 10.5. The Hall–Kier alpha value is -3.31. The molecule has 0 fully saturated rings. The third-order valence-electron chi connectivity index (χ3n) is 4.39. The first-order valence-corrected chi connectivity index (χ1v) is 10.8. The Labute approximate surface area is 178 Å². The number of rotatable bonds is 8. The number of benzene rings is 2. The highest BCUT2D eigenvalue weighted by Gasteiger charge is 2.27. The van der Waals surface area contributed by atoms with E-state index in [0.29, 0.717) is 18.1 Å². The summed E-state index contributed by atoms with van der Waals surface area (Å²) >= 11 is 0. The number of ether oxygens (including phenoxy) is 2. The maximum Gasteiger partial charge on any atom is 0.339 e. The summed E-state index contributed by atoms with van der Waals surface area (Å²) in [4.78, 5) is 11.7. The summed E-state index contributed by atoms with van der Waals surface area (Å²) in [5.74, 6) is -0.505. The lowest BCUT2D eigenvalue weighted by molar-refractivity contribution is 0.0596. The lowest BCUT2D eigenvalue weighted by atomic mass is 10.2. The second-order valence-electron chi connectivity index (χ2n) is 6.47. The number of esters is 1. The number of nitrogens with one attached hydrogen (secondary N) is 1. The van der Waals surface area contributed by atoms with Gasteiger partial charge in [0.1, 0.15) is 11.6 Å². The van der Waals surface area contributed by atoms with Gasteiger partial charge in [-0.1, -0.05) is 17.2 Å². The fraction of sp³-hybridized carbons (Fsp3) is 0.250. The number of aromatic nitrogens is 3. The van der Waals surface area contributed by atoms with Crippen molar-refractivity contribution in [3.8, 4) is 11.8 Å². The predicted octanol–water partition coefficient (Wildman–Crippen LogP) is 3.06. The molecule has 0 radical (unpaired) electrons. The minimum Gasteiger partial charge on any atom is -0.465 e. The maximum atomic E-state index is 13.1. The normalized spacial score (nSPS) is 12.4. The Morgan fingerprint density at radius 3 is 2.48 bits per heavy atom. The van der Waals surface area contributed by atoms with Crippen molar-refractivity contribution in [2.24, 2.45) is 0 Å². The van der Waals surface area contributed by atoms with Crippen LogP contribution >= 0.6 is 0 Å². The van der Waals surface area contributed by atoms with Crippen molar-refractivity contribution < 1.29 is 27.1 Å². The maximum absolute atomic E-state index is 13.1. The quantitative estimate of drug-likeness (QED) is 0.527. The first-order chi connectivity index (χ1) is 14.8. The lowest BCUT2D eigenvalue weighted by Gasteiger charge is -2.16. The smallest absolute Gasteiger partial charge is 0.339 e. The van der Waals surface area contributed by atoms with Gasteiger partial charge < -0.3 is 9.47 Å². The molecule has 0 unspecified atom stereocenters. The molecule has 0 saturated carbocycles. The molecule has 1 atom stereocenters. The zero-order valence-corrected chi connectivity index (χ0v) is 17.9. The zero-order valence-electron chi connectivity index (χ0n) is 17.1. The number of carbonyl (C=O) groups is 1. The average Bonchev–Trinajstić information content (AvgIpc) is 3.17. The van der Waals surface area contributed by atoms with Gasteiger partial charge in [0, 0.05) is 6.54 Å². The molecule has 0 aliphatic rings. The van der Waals surface area contributed by atoms with Crippen molar-refractivity contribution in [2.75, 3.05) is 7.11 Å². The molecule has 0 amide bonds. The van der Waals surface area contributed by atoms with Gasteiger partial charge in [0.2, 0.25) is 10.0 Å². The molecule has 1 heterocycles. The van der Waals surface area contributed by atoms with Crippen LogP contribution in [0.1, 0.15) is 36.1 Å². The van der Waals surface area contributed by atoms with Crippen LogP contribution in [-0.2, 0) is 21.3 Å². The molecule has 11 heteroatoms. The molecule has 0 spiro atoms. The average molecular weight is 448 g/mol. The third-order valence-corrected chi connectivity index (χ3v) is 5.98. The number of sulfonamides is 1. The molecule has 1 aromatic heterocycles. The van der Waals surface area contributed by atoms with E-state index >= 15 is 0 Å². The van der Waals surface area contributed by atoms with Crippen molar-refractivity contribution in [3.05, 3.63) is 65.7 Å². The Bertz CT molecular complexity index is 1180. The van der Waals surface area contributed by atoms with Gasteiger partial charge in [-0.2, -0.15) is 0 Å². The minimum absolute atomic E-state index is 0.0815. The Kier molecular flexibility index (Phi) is 6.66. The molecular weight excluding hydrogens is 427 g/mol. The van der Waals surface area contributed by atoms with Gasteiger partial charge in [-0.25, -0.2) is 22.3 Å². The summed E-state index contributed by atoms with van der Waals surface area (Å²) in [6.07, 6.45) is 0. The summed E-state index contributed by atoms with van der Waals surface area (Å²) < 4.78 is 53.4. The summed E-state index contributed by atoms with van der Waals surface area (Å²) in [5, 5.41) is 8.02. The van der Waals surface area contributed by atoms with E-state index in [2.05, 4.69) is 19.7 Å². The highest BCUT2D eigenvalue weighted by Crippen LogP contribution is 2.25. The van der Waals surface area contributed by atoms with Crippen molar-refractivity contribution in [3.63, 3.8) is 0 Å². The number of hydrogen-bond donors (Lipinski definition) is 1. The topological polar surface area (TPSA) is 112 Å². The number of nitrogens with zero attached hydrogens (tertiary/aromatic N) is 3. The Balaban J connectivity index is 1.87. The van der Waals surface area contributed by atoms with E-state index in [1.54, 1.807) is 17.6 Å². The first-order valence-electron chi connectivity index (χ1n) is 9.33. The van der Waals surface area contributed by atoms with E-state index in [1.807, 2.05) is 6.92 Å². The van der Waals surface area contributed by atoms with E-state index in [0.717, 1.165) is 0 Å². The van der Waals surface area contributed by atoms with Crippen LogP contribution in [0.15, 0.2) is 53.4 Å². The second-order valence-corrected chi connectivity index (χ2v) is 8.15. The van der Waals surface area contributed by atoms with E-state index in [1.165, 1.54) is 49.6 Å². The van der Waals surface area contributed by atoms with Crippen molar-refractivity contribution in [1.29, 1.82) is 0 Å². The molecule has 0 aliphatic carbocycles. The summed E-state index contributed by atoms with van der Waals surface area (Å²) in [5.41, 5.74) is -0.0815. The molecule has 0 saturated heterocycles. The van der Waals surface area contributed by atoms with Crippen molar-refractivity contribution >= 4 is 16.0 Å². The van der Waals surface area contributed by atoms with Gasteiger partial charge >= 0.3 is 12.0 Å². The van der Waals surface area contributed by atoms with Gasteiger partial charge in [0.05, 0.1) is 23.6 Å². The number of hydrogen-bond acceptors (Lipinski definition) is 7. The summed E-state index contributed by atoms with van der Waals surface area (Å²) in [6.45, 7) is 3.80. The van der Waals surface area contributed by atoms with Gasteiger partial charge in [-0.15, -0.1) is 5.10 Å². The minimum atomic E-state index is -4.09. The number of halogens is 1. The summed E-state index contributed by atoms with van der Waals surface area (Å²) in [7, 11) is -2.91. The van der Waals surface area contributed by atoms with Crippen LogP contribution in [0.25, 0.3) is 0 Å². The predicted molar refractivity (Wildman–Crippen MR) is 109 cm³/mol.